The van der Waals surface area contributed by atoms with Crippen LogP contribution in [0.15, 0.2) is 55.0 Å². The highest BCUT2D eigenvalue weighted by atomic mass is 32.1. The Hall–Kier alpha value is -3.99. The first-order chi connectivity index (χ1) is 16.0. The topological polar surface area (TPSA) is 140 Å². The van der Waals surface area contributed by atoms with Crippen LogP contribution < -0.4 is 16.4 Å². The Morgan fingerprint density at radius 3 is 2.70 bits per heavy atom. The summed E-state index contributed by atoms with van der Waals surface area (Å²) in [4.78, 5) is 47.2. The van der Waals surface area contributed by atoms with E-state index in [2.05, 4.69) is 20.6 Å². The molecule has 1 saturated heterocycles. The normalized spacial score (nSPS) is 15.5. The number of ether oxygens (including phenoxy) is 1. The van der Waals surface area contributed by atoms with Crippen molar-refractivity contribution >= 4 is 40.2 Å². The van der Waals surface area contributed by atoms with Crippen molar-refractivity contribution in [2.24, 2.45) is 5.73 Å². The van der Waals surface area contributed by atoms with Gasteiger partial charge in [0.25, 0.3) is 0 Å². The van der Waals surface area contributed by atoms with Gasteiger partial charge >= 0.3 is 18.0 Å². The van der Waals surface area contributed by atoms with Crippen molar-refractivity contribution < 1.29 is 19.1 Å². The Morgan fingerprint density at radius 1 is 1.15 bits per heavy atom. The summed E-state index contributed by atoms with van der Waals surface area (Å²) in [6, 6.07) is 10.1. The Labute approximate surface area is 193 Å². The van der Waals surface area contributed by atoms with Gasteiger partial charge in [-0.25, -0.2) is 19.4 Å². The summed E-state index contributed by atoms with van der Waals surface area (Å²) in [5.74, 6) is -0.313. The lowest BCUT2D eigenvalue weighted by molar-refractivity contribution is 0.0129. The fraction of sp³-hybridized carbons (Fsp3) is 0.227. The van der Waals surface area contributed by atoms with Crippen molar-refractivity contribution in [3.8, 4) is 10.4 Å². The van der Waals surface area contributed by atoms with Crippen LogP contribution >= 0.6 is 11.3 Å². The van der Waals surface area contributed by atoms with E-state index in [9.17, 15) is 14.4 Å². The Morgan fingerprint density at radius 2 is 1.97 bits per heavy atom. The monoisotopic (exact) mass is 466 g/mol. The third kappa shape index (κ3) is 5.63. The summed E-state index contributed by atoms with van der Waals surface area (Å²) in [6.45, 7) is 0.780. The highest BCUT2D eigenvalue weighted by Crippen LogP contribution is 2.36. The standard InChI is InChI=1S/C22H22N6O4S/c23-21(30)28-10-4-7-15(13-28)32-20(29)16-11-17(14-5-2-1-3-6-14)33-19(16)27-22(31)26-18-12-24-8-9-25-18/h1-3,5-6,8-9,11-12,15H,4,7,10,13H2,(H2,23,30)(H2,25,26,27,31). The van der Waals surface area contributed by atoms with E-state index in [1.54, 1.807) is 6.07 Å². The van der Waals surface area contributed by atoms with E-state index in [0.29, 0.717) is 24.4 Å². The molecule has 1 unspecified atom stereocenters. The van der Waals surface area contributed by atoms with Gasteiger partial charge in [-0.15, -0.1) is 11.3 Å². The van der Waals surface area contributed by atoms with Gasteiger partial charge in [0.2, 0.25) is 0 Å². The predicted octanol–water partition coefficient (Wildman–Crippen LogP) is 3.55. The van der Waals surface area contributed by atoms with Crippen LogP contribution in [0.1, 0.15) is 23.2 Å². The lowest BCUT2D eigenvalue weighted by atomic mass is 10.1. The Balaban J connectivity index is 1.54. The van der Waals surface area contributed by atoms with Crippen molar-refractivity contribution in [3.63, 3.8) is 0 Å². The highest BCUT2D eigenvalue weighted by molar-refractivity contribution is 7.20. The van der Waals surface area contributed by atoms with Crippen LogP contribution in [0.25, 0.3) is 10.4 Å². The molecule has 4 N–H and O–H groups in total. The number of primary amides is 1. The molecule has 3 aromatic rings. The number of likely N-dealkylation sites (tertiary alicyclic amines) is 1. The zero-order valence-electron chi connectivity index (χ0n) is 17.6. The zero-order valence-corrected chi connectivity index (χ0v) is 18.4. The Bertz CT molecular complexity index is 1140. The SMILES string of the molecule is NC(=O)N1CCCC(OC(=O)c2cc(-c3ccccc3)sc2NC(=O)Nc2cnccn2)C1. The van der Waals surface area contributed by atoms with Crippen molar-refractivity contribution in [3.05, 3.63) is 60.6 Å². The van der Waals surface area contributed by atoms with Gasteiger partial charge in [0, 0.05) is 23.8 Å². The van der Waals surface area contributed by atoms with E-state index in [1.807, 2.05) is 30.3 Å². The smallest absolute Gasteiger partial charge is 0.341 e. The first kappa shape index (κ1) is 22.2. The number of urea groups is 2. The molecule has 33 heavy (non-hydrogen) atoms. The molecule has 4 amide bonds. The second-order valence-corrected chi connectivity index (χ2v) is 8.40. The van der Waals surface area contributed by atoms with Gasteiger partial charge in [0.05, 0.1) is 18.3 Å². The quantitative estimate of drug-likeness (QED) is 0.491. The molecular weight excluding hydrogens is 444 g/mol. The van der Waals surface area contributed by atoms with Crippen LogP contribution in [0.4, 0.5) is 20.4 Å². The molecule has 11 heteroatoms. The van der Waals surface area contributed by atoms with E-state index >= 15 is 0 Å². The van der Waals surface area contributed by atoms with Gasteiger partial charge in [-0.1, -0.05) is 30.3 Å². The first-order valence-corrected chi connectivity index (χ1v) is 11.1. The van der Waals surface area contributed by atoms with Crippen molar-refractivity contribution in [2.75, 3.05) is 23.7 Å². The Kier molecular flexibility index (Phi) is 6.79. The summed E-state index contributed by atoms with van der Waals surface area (Å²) in [7, 11) is 0. The van der Waals surface area contributed by atoms with Crippen LogP contribution in [-0.4, -0.2) is 52.1 Å². The van der Waals surface area contributed by atoms with Crippen molar-refractivity contribution in [1.82, 2.24) is 14.9 Å². The van der Waals surface area contributed by atoms with Gasteiger partial charge in [-0.2, -0.15) is 0 Å². The predicted molar refractivity (Wildman–Crippen MR) is 124 cm³/mol. The number of esters is 1. The maximum absolute atomic E-state index is 13.1. The maximum atomic E-state index is 13.1. The van der Waals surface area contributed by atoms with Crippen LogP contribution in [0, 0.1) is 0 Å². The number of nitrogens with zero attached hydrogens (tertiary/aromatic N) is 3. The average Bonchev–Trinajstić information content (AvgIpc) is 3.24. The second-order valence-electron chi connectivity index (χ2n) is 7.34. The van der Waals surface area contributed by atoms with Crippen LogP contribution in [-0.2, 0) is 4.74 Å². The van der Waals surface area contributed by atoms with Gasteiger partial charge in [0.15, 0.2) is 5.82 Å². The molecule has 10 nitrogen and oxygen atoms in total. The minimum Gasteiger partial charge on any atom is -0.457 e. The molecule has 0 spiro atoms. The summed E-state index contributed by atoms with van der Waals surface area (Å²) in [5, 5.41) is 5.62. The summed E-state index contributed by atoms with van der Waals surface area (Å²) in [6.07, 6.45) is 5.20. The molecule has 0 radical (unpaired) electrons. The van der Waals surface area contributed by atoms with Gasteiger partial charge < -0.3 is 15.4 Å². The number of rotatable bonds is 5. The molecule has 1 fully saturated rings. The van der Waals surface area contributed by atoms with Crippen LogP contribution in [0.2, 0.25) is 0 Å². The molecule has 1 aliphatic heterocycles. The number of amides is 4. The van der Waals surface area contributed by atoms with Crippen molar-refractivity contribution in [2.45, 2.75) is 18.9 Å². The van der Waals surface area contributed by atoms with E-state index < -0.39 is 24.1 Å². The molecule has 1 aliphatic rings. The number of aromatic nitrogens is 2. The molecule has 1 atom stereocenters. The molecule has 1 aromatic carbocycles. The largest absolute Gasteiger partial charge is 0.457 e. The van der Waals surface area contributed by atoms with Crippen LogP contribution in [0.3, 0.4) is 0 Å². The minimum absolute atomic E-state index is 0.226. The summed E-state index contributed by atoms with van der Waals surface area (Å²) in [5.41, 5.74) is 6.49. The number of nitrogens with two attached hydrogens (primary N) is 1. The van der Waals surface area contributed by atoms with Crippen molar-refractivity contribution in [1.29, 1.82) is 0 Å². The molecule has 2 aromatic heterocycles. The number of carbonyl (C=O) groups is 3. The molecule has 0 saturated carbocycles. The lowest BCUT2D eigenvalue weighted by Crippen LogP contribution is -2.46. The zero-order chi connectivity index (χ0) is 23.2. The molecule has 0 bridgehead atoms. The van der Waals surface area contributed by atoms with Gasteiger partial charge in [0.1, 0.15) is 11.1 Å². The summed E-state index contributed by atoms with van der Waals surface area (Å²) < 4.78 is 5.67. The molecule has 170 valence electrons. The van der Waals surface area contributed by atoms with E-state index in [0.717, 1.165) is 10.4 Å². The number of benzene rings is 1. The van der Waals surface area contributed by atoms with Gasteiger partial charge in [-0.05, 0) is 24.5 Å². The fourth-order valence-corrected chi connectivity index (χ4v) is 4.49. The van der Waals surface area contributed by atoms with E-state index in [1.165, 1.54) is 34.8 Å². The number of anilines is 2. The third-order valence-corrected chi connectivity index (χ3v) is 6.11. The number of piperidine rings is 1. The molecule has 4 rings (SSSR count). The number of carbonyl (C=O) groups excluding carboxylic acids is 3. The number of thiophene rings is 1. The van der Waals surface area contributed by atoms with E-state index in [4.69, 9.17) is 10.5 Å². The average molecular weight is 467 g/mol. The fourth-order valence-electron chi connectivity index (χ4n) is 3.44. The number of nitrogens with one attached hydrogen (secondary N) is 2. The minimum atomic E-state index is -0.584. The maximum Gasteiger partial charge on any atom is 0.341 e. The third-order valence-electron chi connectivity index (χ3n) is 5.01. The summed E-state index contributed by atoms with van der Waals surface area (Å²) >= 11 is 1.25. The number of hydrogen-bond donors (Lipinski definition) is 3. The lowest BCUT2D eigenvalue weighted by Gasteiger charge is -2.31. The highest BCUT2D eigenvalue weighted by Gasteiger charge is 2.27. The van der Waals surface area contributed by atoms with Gasteiger partial charge in [-0.3, -0.25) is 15.6 Å². The first-order valence-electron chi connectivity index (χ1n) is 10.3. The van der Waals surface area contributed by atoms with E-state index in [-0.39, 0.29) is 17.9 Å². The number of hydrogen-bond acceptors (Lipinski definition) is 7. The van der Waals surface area contributed by atoms with Crippen LogP contribution in [0.5, 0.6) is 0 Å². The molecule has 0 aliphatic carbocycles. The second kappa shape index (κ2) is 10.1. The molecule has 3 heterocycles. The molecular formula is C22H22N6O4S.